The molecule has 0 amide bonds. The van der Waals surface area contributed by atoms with Gasteiger partial charge in [-0.25, -0.2) is 0 Å². The first-order valence-corrected chi connectivity index (χ1v) is 11.0. The van der Waals surface area contributed by atoms with Crippen LogP contribution in [0.15, 0.2) is 47.6 Å². The van der Waals surface area contributed by atoms with Gasteiger partial charge in [-0.3, -0.25) is 4.79 Å². The monoisotopic (exact) mass is 358 g/mol. The van der Waals surface area contributed by atoms with E-state index in [1.54, 1.807) is 5.57 Å². The lowest BCUT2D eigenvalue weighted by atomic mass is 9.75. The number of benzene rings is 1. The van der Waals surface area contributed by atoms with Crippen LogP contribution >= 0.6 is 0 Å². The second kappa shape index (κ2) is 6.93. The van der Waals surface area contributed by atoms with Gasteiger partial charge in [0.1, 0.15) is 0 Å². The minimum Gasteiger partial charge on any atom is -0.294 e. The molecular formula is C26H30O. The van der Waals surface area contributed by atoms with E-state index >= 15 is 0 Å². The van der Waals surface area contributed by atoms with Crippen LogP contribution in [0.1, 0.15) is 80.9 Å². The Morgan fingerprint density at radius 2 is 2.07 bits per heavy atom. The van der Waals surface area contributed by atoms with Gasteiger partial charge in [0, 0.05) is 17.4 Å². The lowest BCUT2D eigenvalue weighted by molar-refractivity contribution is -0.118. The molecule has 0 aromatic heterocycles. The van der Waals surface area contributed by atoms with Gasteiger partial charge in [0.25, 0.3) is 0 Å². The highest BCUT2D eigenvalue weighted by atomic mass is 16.1. The molecule has 1 heteroatoms. The van der Waals surface area contributed by atoms with Gasteiger partial charge in [0.15, 0.2) is 5.78 Å². The number of aryl methyl sites for hydroxylation is 1. The van der Waals surface area contributed by atoms with Gasteiger partial charge in [-0.1, -0.05) is 60.9 Å². The Hall–Kier alpha value is -1.89. The first kappa shape index (κ1) is 17.2. The lowest BCUT2D eigenvalue weighted by Gasteiger charge is -2.28. The summed E-state index contributed by atoms with van der Waals surface area (Å²) in [7, 11) is 0. The van der Waals surface area contributed by atoms with Crippen molar-refractivity contribution >= 4 is 11.4 Å². The summed E-state index contributed by atoms with van der Waals surface area (Å²) in [5, 5.41) is 0. The largest absolute Gasteiger partial charge is 0.294 e. The van der Waals surface area contributed by atoms with Crippen LogP contribution in [0.2, 0.25) is 0 Å². The maximum Gasteiger partial charge on any atom is 0.166 e. The summed E-state index contributed by atoms with van der Waals surface area (Å²) in [6.45, 7) is 2.26. The fraction of sp³-hybridized carbons (Fsp3) is 0.500. The molecule has 0 bridgehead atoms. The van der Waals surface area contributed by atoms with Crippen molar-refractivity contribution in [2.45, 2.75) is 70.6 Å². The Morgan fingerprint density at radius 1 is 1.15 bits per heavy atom. The number of ketones is 1. The van der Waals surface area contributed by atoms with E-state index in [-0.39, 0.29) is 5.92 Å². The van der Waals surface area contributed by atoms with Gasteiger partial charge in [-0.15, -0.1) is 0 Å². The topological polar surface area (TPSA) is 17.1 Å². The Labute approximate surface area is 163 Å². The molecule has 140 valence electrons. The average molecular weight is 359 g/mol. The Bertz CT molecular complexity index is 866. The molecule has 0 N–H and O–H groups in total. The Kier molecular flexibility index (Phi) is 4.42. The number of unbranched alkanes of at least 4 members (excludes halogenated alkanes) is 1. The summed E-state index contributed by atoms with van der Waals surface area (Å²) in [6.07, 6.45) is 17.5. The zero-order valence-electron chi connectivity index (χ0n) is 16.5. The zero-order chi connectivity index (χ0) is 18.4. The number of hydrogen-bond acceptors (Lipinski definition) is 1. The molecule has 4 aliphatic rings. The molecule has 1 nitrogen and oxygen atoms in total. The second-order valence-corrected chi connectivity index (χ2v) is 8.90. The van der Waals surface area contributed by atoms with Crippen molar-refractivity contribution in [3.8, 4) is 0 Å². The number of Topliss-reactive ketones (excluding diaryl/α,β-unsaturated/α-hetero) is 1. The first-order chi connectivity index (χ1) is 13.3. The smallest absolute Gasteiger partial charge is 0.166 e. The Balaban J connectivity index is 1.40. The highest BCUT2D eigenvalue weighted by Gasteiger charge is 2.42. The van der Waals surface area contributed by atoms with Crippen LogP contribution in [0.5, 0.6) is 0 Å². The quantitative estimate of drug-likeness (QED) is 0.583. The third-order valence-corrected chi connectivity index (χ3v) is 7.36. The minimum atomic E-state index is 0.206. The first-order valence-electron chi connectivity index (χ1n) is 11.0. The van der Waals surface area contributed by atoms with E-state index in [4.69, 9.17) is 0 Å². The van der Waals surface area contributed by atoms with Crippen LogP contribution in [-0.4, -0.2) is 5.78 Å². The normalized spacial score (nSPS) is 28.4. The highest BCUT2D eigenvalue weighted by molar-refractivity contribution is 6.25. The standard InChI is InChI=1S/C26H30O/c1-2-3-7-17-8-4-11-19(17)16-20-14-15-22-21-12-5-9-18-10-6-13-23(24(18)21)25(22)26(20)27/h4,6,8,10-11,13,19-21H,2-3,5,7,9,12,14-16H2,1H3/t19?,20-,21?/m1/s1. The number of fused-ring (bicyclic) bond motifs is 2. The molecule has 0 saturated heterocycles. The second-order valence-electron chi connectivity index (χ2n) is 8.90. The van der Waals surface area contributed by atoms with Crippen molar-refractivity contribution in [1.82, 2.24) is 0 Å². The van der Waals surface area contributed by atoms with Crippen LogP contribution in [-0.2, 0) is 11.2 Å². The van der Waals surface area contributed by atoms with E-state index in [0.29, 0.717) is 17.6 Å². The fourth-order valence-corrected chi connectivity index (χ4v) is 6.02. The molecule has 5 rings (SSSR count). The molecule has 0 saturated carbocycles. The maximum absolute atomic E-state index is 13.6. The van der Waals surface area contributed by atoms with Crippen molar-refractivity contribution in [2.75, 3.05) is 0 Å². The van der Waals surface area contributed by atoms with E-state index in [0.717, 1.165) is 24.8 Å². The van der Waals surface area contributed by atoms with Crippen molar-refractivity contribution in [3.63, 3.8) is 0 Å². The summed E-state index contributed by atoms with van der Waals surface area (Å²) < 4.78 is 0. The van der Waals surface area contributed by atoms with Crippen LogP contribution in [0, 0.1) is 11.8 Å². The van der Waals surface area contributed by atoms with Crippen LogP contribution in [0.25, 0.3) is 5.57 Å². The maximum atomic E-state index is 13.6. The van der Waals surface area contributed by atoms with Crippen LogP contribution < -0.4 is 0 Å². The predicted molar refractivity (Wildman–Crippen MR) is 112 cm³/mol. The van der Waals surface area contributed by atoms with Crippen molar-refractivity contribution < 1.29 is 4.79 Å². The molecule has 3 atom stereocenters. The van der Waals surface area contributed by atoms with Gasteiger partial charge < -0.3 is 0 Å². The van der Waals surface area contributed by atoms with E-state index < -0.39 is 0 Å². The van der Waals surface area contributed by atoms with Gasteiger partial charge in [0.05, 0.1) is 0 Å². The van der Waals surface area contributed by atoms with E-state index in [1.165, 1.54) is 60.8 Å². The van der Waals surface area contributed by atoms with Crippen LogP contribution in [0.3, 0.4) is 0 Å². The molecular weight excluding hydrogens is 328 g/mol. The van der Waals surface area contributed by atoms with Gasteiger partial charge in [-0.05, 0) is 74.0 Å². The average Bonchev–Trinajstić information content (AvgIpc) is 3.27. The molecule has 27 heavy (non-hydrogen) atoms. The SMILES string of the molecule is CCCCC1=CC=CC1C[C@H]1CCC2=C(C1=O)c1cccc3c1C2CCC3. The molecule has 2 unspecified atom stereocenters. The molecule has 0 fully saturated rings. The number of carbonyl (C=O) groups is 1. The molecule has 0 aliphatic heterocycles. The number of allylic oxidation sites excluding steroid dienone is 6. The minimum absolute atomic E-state index is 0.206. The molecule has 0 radical (unpaired) electrons. The molecule has 0 spiro atoms. The Morgan fingerprint density at radius 3 is 2.96 bits per heavy atom. The number of hydrogen-bond donors (Lipinski definition) is 0. The third kappa shape index (κ3) is 2.78. The van der Waals surface area contributed by atoms with Gasteiger partial charge in [-0.2, -0.15) is 0 Å². The van der Waals surface area contributed by atoms with Crippen molar-refractivity contribution in [2.24, 2.45) is 11.8 Å². The summed E-state index contributed by atoms with van der Waals surface area (Å²) in [5.41, 5.74) is 8.50. The molecule has 1 aromatic carbocycles. The van der Waals surface area contributed by atoms with E-state index in [1.807, 2.05) is 0 Å². The van der Waals surface area contributed by atoms with Crippen LogP contribution in [0.4, 0.5) is 0 Å². The van der Waals surface area contributed by atoms with E-state index in [2.05, 4.69) is 43.4 Å². The summed E-state index contributed by atoms with van der Waals surface area (Å²) in [6, 6.07) is 6.69. The molecule has 4 aliphatic carbocycles. The summed E-state index contributed by atoms with van der Waals surface area (Å²) in [4.78, 5) is 13.6. The number of rotatable bonds is 5. The molecule has 1 aromatic rings. The van der Waals surface area contributed by atoms with Gasteiger partial charge >= 0.3 is 0 Å². The highest BCUT2D eigenvalue weighted by Crippen LogP contribution is 2.54. The molecule has 0 heterocycles. The predicted octanol–water partition coefficient (Wildman–Crippen LogP) is 6.55. The van der Waals surface area contributed by atoms with Crippen molar-refractivity contribution in [3.05, 3.63) is 64.3 Å². The fourth-order valence-electron chi connectivity index (χ4n) is 6.02. The number of carbonyl (C=O) groups excluding carboxylic acids is 1. The summed E-state index contributed by atoms with van der Waals surface area (Å²) in [5.74, 6) is 1.70. The zero-order valence-corrected chi connectivity index (χ0v) is 16.5. The summed E-state index contributed by atoms with van der Waals surface area (Å²) >= 11 is 0. The van der Waals surface area contributed by atoms with Crippen molar-refractivity contribution in [1.29, 1.82) is 0 Å². The van der Waals surface area contributed by atoms with Gasteiger partial charge in [0.2, 0.25) is 0 Å². The van der Waals surface area contributed by atoms with E-state index in [9.17, 15) is 4.79 Å². The third-order valence-electron chi connectivity index (χ3n) is 7.36. The lowest BCUT2D eigenvalue weighted by Crippen LogP contribution is -2.23.